The zero-order valence-electron chi connectivity index (χ0n) is 12.8. The third-order valence-electron chi connectivity index (χ3n) is 3.56. The smallest absolute Gasteiger partial charge is 0.120 e. The molecule has 0 radical (unpaired) electrons. The molecule has 0 atom stereocenters. The third-order valence-corrected chi connectivity index (χ3v) is 3.56. The molecule has 0 saturated heterocycles. The van der Waals surface area contributed by atoms with Crippen molar-refractivity contribution in [3.8, 4) is 5.75 Å². The number of hydrogen-bond acceptors (Lipinski definition) is 4. The first-order chi connectivity index (χ1) is 10.8. The highest BCUT2D eigenvalue weighted by Crippen LogP contribution is 2.18. The molecule has 1 aromatic carbocycles. The fourth-order valence-electron chi connectivity index (χ4n) is 2.39. The summed E-state index contributed by atoms with van der Waals surface area (Å²) in [7, 11) is 0. The second-order valence-corrected chi connectivity index (χ2v) is 5.39. The summed E-state index contributed by atoms with van der Waals surface area (Å²) in [5.41, 5.74) is 1.53. The second-order valence-electron chi connectivity index (χ2n) is 5.39. The summed E-state index contributed by atoms with van der Waals surface area (Å²) < 4.78 is 11.0. The number of hydrogen-bond donors (Lipinski definition) is 2. The minimum absolute atomic E-state index is 0.0447. The van der Waals surface area contributed by atoms with E-state index >= 15 is 0 Å². The predicted octanol–water partition coefficient (Wildman–Crippen LogP) is 3.45. The average Bonchev–Trinajstić information content (AvgIpc) is 3.07. The van der Waals surface area contributed by atoms with Crippen molar-refractivity contribution in [3.63, 3.8) is 0 Å². The lowest BCUT2D eigenvalue weighted by molar-refractivity contribution is 0.269. The Kier molecular flexibility index (Phi) is 7.00. The maximum atomic E-state index is 9.18. The van der Waals surface area contributed by atoms with E-state index in [1.54, 1.807) is 12.3 Å². The van der Waals surface area contributed by atoms with Gasteiger partial charge >= 0.3 is 0 Å². The van der Waals surface area contributed by atoms with E-state index in [-0.39, 0.29) is 13.2 Å². The molecule has 0 saturated carbocycles. The van der Waals surface area contributed by atoms with Crippen LogP contribution in [0, 0.1) is 0 Å². The van der Waals surface area contributed by atoms with E-state index in [1.165, 1.54) is 0 Å². The van der Waals surface area contributed by atoms with Crippen LogP contribution >= 0.6 is 0 Å². The number of aliphatic hydroxyl groups is 2. The first kappa shape index (κ1) is 16.6. The number of aliphatic hydroxyl groups excluding tert-OH is 2. The Hall–Kier alpha value is -1.78. The van der Waals surface area contributed by atoms with Crippen molar-refractivity contribution < 1.29 is 19.4 Å². The normalized spacial score (nSPS) is 10.8. The molecule has 0 aliphatic rings. The van der Waals surface area contributed by atoms with E-state index in [0.717, 1.165) is 49.0 Å². The number of ether oxygens (including phenoxy) is 1. The minimum Gasteiger partial charge on any atom is -0.494 e. The molecule has 0 spiro atoms. The molecule has 0 fully saturated rings. The monoisotopic (exact) mass is 304 g/mol. The van der Waals surface area contributed by atoms with E-state index in [9.17, 15) is 10.2 Å². The molecule has 0 bridgehead atoms. The fraction of sp³-hybridized carbons (Fsp3) is 0.444. The van der Waals surface area contributed by atoms with Gasteiger partial charge in [0.1, 0.15) is 11.5 Å². The van der Waals surface area contributed by atoms with Gasteiger partial charge in [0, 0.05) is 6.42 Å². The van der Waals surface area contributed by atoms with Gasteiger partial charge in [-0.1, -0.05) is 18.9 Å². The van der Waals surface area contributed by atoms with Gasteiger partial charge in [-0.05, 0) is 48.2 Å². The van der Waals surface area contributed by atoms with Gasteiger partial charge in [0.05, 0.1) is 26.1 Å². The summed E-state index contributed by atoms with van der Waals surface area (Å²) in [6.07, 6.45) is 7.10. The van der Waals surface area contributed by atoms with Gasteiger partial charge in [-0.2, -0.15) is 0 Å². The molecule has 4 nitrogen and oxygen atoms in total. The molecule has 4 heteroatoms. The van der Waals surface area contributed by atoms with Crippen LogP contribution in [0.5, 0.6) is 5.75 Å². The second kappa shape index (κ2) is 9.28. The molecular formula is C18H24O4. The highest BCUT2D eigenvalue weighted by molar-refractivity contribution is 5.33. The first-order valence-corrected chi connectivity index (χ1v) is 7.81. The van der Waals surface area contributed by atoms with Gasteiger partial charge in [-0.15, -0.1) is 0 Å². The van der Waals surface area contributed by atoms with Crippen LogP contribution in [-0.4, -0.2) is 16.8 Å². The van der Waals surface area contributed by atoms with E-state index in [0.29, 0.717) is 12.4 Å². The van der Waals surface area contributed by atoms with E-state index in [1.807, 2.05) is 24.3 Å². The van der Waals surface area contributed by atoms with Gasteiger partial charge in [0.15, 0.2) is 0 Å². The van der Waals surface area contributed by atoms with Crippen LogP contribution < -0.4 is 4.74 Å². The molecule has 0 aliphatic heterocycles. The summed E-state index contributed by atoms with van der Waals surface area (Å²) >= 11 is 0. The van der Waals surface area contributed by atoms with Crippen LogP contribution in [0.15, 0.2) is 41.0 Å². The summed E-state index contributed by atoms with van der Waals surface area (Å²) in [5.74, 6) is 1.76. The van der Waals surface area contributed by atoms with E-state index < -0.39 is 0 Å². The number of rotatable bonds is 10. The summed E-state index contributed by atoms with van der Waals surface area (Å²) in [6.45, 7) is 0.564. The van der Waals surface area contributed by atoms with Crippen LogP contribution in [-0.2, 0) is 19.6 Å². The topological polar surface area (TPSA) is 62.8 Å². The van der Waals surface area contributed by atoms with Gasteiger partial charge in [-0.25, -0.2) is 0 Å². The molecule has 1 heterocycles. The van der Waals surface area contributed by atoms with E-state index in [2.05, 4.69) is 0 Å². The van der Waals surface area contributed by atoms with Crippen molar-refractivity contribution in [1.29, 1.82) is 0 Å². The number of aryl methyl sites for hydroxylation is 1. The van der Waals surface area contributed by atoms with Crippen molar-refractivity contribution >= 4 is 0 Å². The molecule has 2 rings (SSSR count). The highest BCUT2D eigenvalue weighted by atomic mass is 16.5. The minimum atomic E-state index is -0.0447. The lowest BCUT2D eigenvalue weighted by Crippen LogP contribution is -1.99. The molecule has 1 aromatic heterocycles. The summed E-state index contributed by atoms with van der Waals surface area (Å²) in [5, 5.41) is 18.4. The molecular weight excluding hydrogens is 280 g/mol. The van der Waals surface area contributed by atoms with Crippen LogP contribution in [0.3, 0.4) is 0 Å². The maximum Gasteiger partial charge on any atom is 0.120 e. The Morgan fingerprint density at radius 2 is 1.64 bits per heavy atom. The fourth-order valence-corrected chi connectivity index (χ4v) is 2.39. The van der Waals surface area contributed by atoms with Crippen molar-refractivity contribution in [2.24, 2.45) is 0 Å². The van der Waals surface area contributed by atoms with Gasteiger partial charge in [0.25, 0.3) is 0 Å². The molecule has 0 aliphatic carbocycles. The standard InChI is InChI=1S/C18H24O4/c19-13-15-10-16(14-20)12-18(11-15)22-8-4-2-1-3-6-17-7-5-9-21-17/h5,7,9-12,19-20H,1-4,6,8,13-14H2. The van der Waals surface area contributed by atoms with Crippen LogP contribution in [0.2, 0.25) is 0 Å². The lowest BCUT2D eigenvalue weighted by atomic mass is 10.1. The summed E-state index contributed by atoms with van der Waals surface area (Å²) in [4.78, 5) is 0. The van der Waals surface area contributed by atoms with Crippen LogP contribution in [0.1, 0.15) is 42.6 Å². The number of unbranched alkanes of at least 4 members (excludes halogenated alkanes) is 3. The number of furan rings is 1. The zero-order chi connectivity index (χ0) is 15.6. The van der Waals surface area contributed by atoms with Crippen molar-refractivity contribution in [2.75, 3.05) is 6.61 Å². The Morgan fingerprint density at radius 3 is 2.27 bits per heavy atom. The Bertz CT molecular complexity index is 512. The van der Waals surface area contributed by atoms with Gasteiger partial charge in [0.2, 0.25) is 0 Å². The highest BCUT2D eigenvalue weighted by Gasteiger charge is 2.02. The molecule has 0 unspecified atom stereocenters. The first-order valence-electron chi connectivity index (χ1n) is 7.81. The van der Waals surface area contributed by atoms with Crippen molar-refractivity contribution in [3.05, 3.63) is 53.5 Å². The largest absolute Gasteiger partial charge is 0.494 e. The quantitative estimate of drug-likeness (QED) is 0.660. The Labute approximate surface area is 131 Å². The van der Waals surface area contributed by atoms with Gasteiger partial charge < -0.3 is 19.4 Å². The van der Waals surface area contributed by atoms with Crippen LogP contribution in [0.4, 0.5) is 0 Å². The maximum absolute atomic E-state index is 9.18. The Morgan fingerprint density at radius 1 is 0.909 bits per heavy atom. The number of benzene rings is 1. The van der Waals surface area contributed by atoms with Crippen molar-refractivity contribution in [1.82, 2.24) is 0 Å². The lowest BCUT2D eigenvalue weighted by Gasteiger charge is -2.09. The molecule has 2 aromatic rings. The van der Waals surface area contributed by atoms with E-state index in [4.69, 9.17) is 9.15 Å². The summed E-state index contributed by atoms with van der Waals surface area (Å²) in [6, 6.07) is 9.34. The molecule has 120 valence electrons. The van der Waals surface area contributed by atoms with Gasteiger partial charge in [-0.3, -0.25) is 0 Å². The third kappa shape index (κ3) is 5.54. The van der Waals surface area contributed by atoms with Crippen molar-refractivity contribution in [2.45, 2.75) is 45.3 Å². The molecule has 22 heavy (non-hydrogen) atoms. The average molecular weight is 304 g/mol. The SMILES string of the molecule is OCc1cc(CO)cc(OCCCCCCc2ccco2)c1. The zero-order valence-corrected chi connectivity index (χ0v) is 12.8. The molecule has 2 N–H and O–H groups in total. The van der Waals surface area contributed by atoms with Crippen LogP contribution in [0.25, 0.3) is 0 Å². The Balaban J connectivity index is 1.62. The molecule has 0 amide bonds. The predicted molar refractivity (Wildman–Crippen MR) is 84.7 cm³/mol.